The van der Waals surface area contributed by atoms with Crippen molar-refractivity contribution >= 4 is 33.4 Å². The minimum Gasteiger partial charge on any atom is -0.352 e. The third kappa shape index (κ3) is 3.27. The Morgan fingerprint density at radius 2 is 2.28 bits per heavy atom. The average molecular weight is 331 g/mol. The standard InChI is InChI=1S/C14H17BrClNO/c1-9-12(3-2-4-13(9)16)14(18)17-8-10-5-6-11(15)7-10/h2-4,10-11H,5-8H2,1H3,(H,17,18). The van der Waals surface area contributed by atoms with E-state index >= 15 is 0 Å². The van der Waals surface area contributed by atoms with Crippen LogP contribution in [0, 0.1) is 12.8 Å². The van der Waals surface area contributed by atoms with Crippen LogP contribution in [0.15, 0.2) is 18.2 Å². The molecule has 2 atom stereocenters. The molecule has 1 aliphatic carbocycles. The largest absolute Gasteiger partial charge is 0.352 e. The second-order valence-electron chi connectivity index (χ2n) is 4.90. The van der Waals surface area contributed by atoms with E-state index in [2.05, 4.69) is 21.2 Å². The predicted octanol–water partition coefficient (Wildman–Crippen LogP) is 3.94. The van der Waals surface area contributed by atoms with Crippen molar-refractivity contribution < 1.29 is 4.79 Å². The highest BCUT2D eigenvalue weighted by Crippen LogP contribution is 2.30. The molecule has 4 heteroatoms. The van der Waals surface area contributed by atoms with Gasteiger partial charge in [0, 0.05) is 22.0 Å². The number of amides is 1. The molecule has 0 aliphatic heterocycles. The monoisotopic (exact) mass is 329 g/mol. The smallest absolute Gasteiger partial charge is 0.251 e. The maximum Gasteiger partial charge on any atom is 0.251 e. The first kappa shape index (κ1) is 13.9. The molecular formula is C14H17BrClNO. The number of carbonyl (C=O) groups excluding carboxylic acids is 1. The summed E-state index contributed by atoms with van der Waals surface area (Å²) in [5.74, 6) is 0.575. The molecule has 2 unspecified atom stereocenters. The molecule has 1 aliphatic rings. The molecule has 1 aromatic rings. The first-order chi connectivity index (χ1) is 8.58. The lowest BCUT2D eigenvalue weighted by Crippen LogP contribution is -2.29. The fourth-order valence-corrected chi connectivity index (χ4v) is 3.35. The molecule has 1 saturated carbocycles. The Bertz CT molecular complexity index is 449. The summed E-state index contributed by atoms with van der Waals surface area (Å²) in [5, 5.41) is 3.65. The van der Waals surface area contributed by atoms with Crippen LogP contribution in [0.2, 0.25) is 5.02 Å². The van der Waals surface area contributed by atoms with Gasteiger partial charge >= 0.3 is 0 Å². The van der Waals surface area contributed by atoms with Crippen molar-refractivity contribution in [1.82, 2.24) is 5.32 Å². The molecule has 0 bridgehead atoms. The lowest BCUT2D eigenvalue weighted by Gasteiger charge is -2.12. The number of benzene rings is 1. The summed E-state index contributed by atoms with van der Waals surface area (Å²) in [7, 11) is 0. The van der Waals surface area contributed by atoms with E-state index in [-0.39, 0.29) is 5.91 Å². The first-order valence-electron chi connectivity index (χ1n) is 6.25. The topological polar surface area (TPSA) is 29.1 Å². The summed E-state index contributed by atoms with van der Waals surface area (Å²) < 4.78 is 0. The van der Waals surface area contributed by atoms with Gasteiger partial charge in [0.15, 0.2) is 0 Å². The summed E-state index contributed by atoms with van der Waals surface area (Å²) in [6.45, 7) is 2.63. The lowest BCUT2D eigenvalue weighted by atomic mass is 10.1. The molecule has 0 spiro atoms. The minimum absolute atomic E-state index is 0.0203. The van der Waals surface area contributed by atoms with Crippen molar-refractivity contribution in [2.45, 2.75) is 31.0 Å². The van der Waals surface area contributed by atoms with Crippen molar-refractivity contribution in [3.05, 3.63) is 34.3 Å². The SMILES string of the molecule is Cc1c(Cl)cccc1C(=O)NCC1CCC(Br)C1. The van der Waals surface area contributed by atoms with Crippen molar-refractivity contribution in [3.8, 4) is 0 Å². The van der Waals surface area contributed by atoms with Gasteiger partial charge in [0.2, 0.25) is 0 Å². The van der Waals surface area contributed by atoms with Crippen LogP contribution in [-0.2, 0) is 0 Å². The van der Waals surface area contributed by atoms with Gasteiger partial charge in [-0.25, -0.2) is 0 Å². The molecule has 0 aromatic heterocycles. The van der Waals surface area contributed by atoms with Gasteiger partial charge in [0.05, 0.1) is 0 Å². The van der Waals surface area contributed by atoms with E-state index in [0.29, 0.717) is 21.3 Å². The maximum atomic E-state index is 12.1. The first-order valence-corrected chi connectivity index (χ1v) is 7.54. The lowest BCUT2D eigenvalue weighted by molar-refractivity contribution is 0.0947. The number of alkyl halides is 1. The van der Waals surface area contributed by atoms with Crippen molar-refractivity contribution in [1.29, 1.82) is 0 Å². The molecule has 0 saturated heterocycles. The van der Waals surface area contributed by atoms with Crippen LogP contribution in [0.3, 0.4) is 0 Å². The van der Waals surface area contributed by atoms with Crippen LogP contribution in [-0.4, -0.2) is 17.3 Å². The number of carbonyl (C=O) groups is 1. The molecule has 1 amide bonds. The quantitative estimate of drug-likeness (QED) is 0.836. The van der Waals surface area contributed by atoms with Gasteiger partial charge in [-0.2, -0.15) is 0 Å². The number of hydrogen-bond donors (Lipinski definition) is 1. The fraction of sp³-hybridized carbons (Fsp3) is 0.500. The van der Waals surface area contributed by atoms with Gasteiger partial charge in [-0.15, -0.1) is 0 Å². The zero-order valence-electron chi connectivity index (χ0n) is 10.4. The Kier molecular flexibility index (Phi) is 4.68. The van der Waals surface area contributed by atoms with Gasteiger partial charge in [0.1, 0.15) is 0 Å². The van der Waals surface area contributed by atoms with Crippen LogP contribution in [0.5, 0.6) is 0 Å². The molecule has 18 heavy (non-hydrogen) atoms. The number of rotatable bonds is 3. The Morgan fingerprint density at radius 1 is 1.50 bits per heavy atom. The van der Waals surface area contributed by atoms with E-state index in [1.807, 2.05) is 19.1 Å². The zero-order valence-corrected chi connectivity index (χ0v) is 12.7. The van der Waals surface area contributed by atoms with Crippen LogP contribution in [0.1, 0.15) is 35.2 Å². The van der Waals surface area contributed by atoms with E-state index in [9.17, 15) is 4.79 Å². The van der Waals surface area contributed by atoms with E-state index in [0.717, 1.165) is 18.5 Å². The van der Waals surface area contributed by atoms with E-state index in [1.165, 1.54) is 12.8 Å². The van der Waals surface area contributed by atoms with Crippen molar-refractivity contribution in [3.63, 3.8) is 0 Å². The minimum atomic E-state index is -0.0203. The zero-order chi connectivity index (χ0) is 13.1. The summed E-state index contributed by atoms with van der Waals surface area (Å²) in [6, 6.07) is 5.44. The number of hydrogen-bond acceptors (Lipinski definition) is 1. The van der Waals surface area contributed by atoms with E-state index < -0.39 is 0 Å². The van der Waals surface area contributed by atoms with E-state index in [4.69, 9.17) is 11.6 Å². The highest BCUT2D eigenvalue weighted by atomic mass is 79.9. The highest BCUT2D eigenvalue weighted by Gasteiger charge is 2.23. The molecule has 2 rings (SSSR count). The summed E-state index contributed by atoms with van der Waals surface area (Å²) in [6.07, 6.45) is 3.54. The Morgan fingerprint density at radius 3 is 2.94 bits per heavy atom. The second kappa shape index (κ2) is 6.07. The Labute approximate surface area is 121 Å². The maximum absolute atomic E-state index is 12.1. The molecule has 1 aromatic carbocycles. The van der Waals surface area contributed by atoms with E-state index in [1.54, 1.807) is 6.07 Å². The van der Waals surface area contributed by atoms with Gasteiger partial charge in [-0.05, 0) is 49.8 Å². The average Bonchev–Trinajstić information content (AvgIpc) is 2.76. The third-order valence-electron chi connectivity index (χ3n) is 3.54. The van der Waals surface area contributed by atoms with Gasteiger partial charge in [-0.3, -0.25) is 4.79 Å². The van der Waals surface area contributed by atoms with Gasteiger partial charge < -0.3 is 5.32 Å². The van der Waals surface area contributed by atoms with Crippen LogP contribution in [0.25, 0.3) is 0 Å². The normalized spacial score (nSPS) is 23.1. The summed E-state index contributed by atoms with van der Waals surface area (Å²) in [5.41, 5.74) is 1.53. The molecule has 1 N–H and O–H groups in total. The van der Waals surface area contributed by atoms with Crippen LogP contribution < -0.4 is 5.32 Å². The highest BCUT2D eigenvalue weighted by molar-refractivity contribution is 9.09. The van der Waals surface area contributed by atoms with Crippen molar-refractivity contribution in [2.75, 3.05) is 6.54 Å². The molecule has 0 heterocycles. The third-order valence-corrected chi connectivity index (χ3v) is 4.78. The predicted molar refractivity (Wildman–Crippen MR) is 78.6 cm³/mol. The van der Waals surface area contributed by atoms with Gasteiger partial charge in [-0.1, -0.05) is 33.6 Å². The Hall–Kier alpha value is -0.540. The summed E-state index contributed by atoms with van der Waals surface area (Å²) >= 11 is 9.64. The fourth-order valence-electron chi connectivity index (χ4n) is 2.39. The Balaban J connectivity index is 1.94. The summed E-state index contributed by atoms with van der Waals surface area (Å²) in [4.78, 5) is 12.7. The number of halogens is 2. The molecular weight excluding hydrogens is 314 g/mol. The second-order valence-corrected chi connectivity index (χ2v) is 6.60. The van der Waals surface area contributed by atoms with Crippen molar-refractivity contribution in [2.24, 2.45) is 5.92 Å². The molecule has 98 valence electrons. The van der Waals surface area contributed by atoms with Gasteiger partial charge in [0.25, 0.3) is 5.91 Å². The molecule has 2 nitrogen and oxygen atoms in total. The molecule has 1 fully saturated rings. The van der Waals surface area contributed by atoms with Crippen LogP contribution in [0.4, 0.5) is 0 Å². The molecule has 0 radical (unpaired) electrons. The number of nitrogens with one attached hydrogen (secondary N) is 1. The van der Waals surface area contributed by atoms with Crippen LogP contribution >= 0.6 is 27.5 Å².